The van der Waals surface area contributed by atoms with Crippen molar-refractivity contribution in [3.05, 3.63) is 83.7 Å². The molecule has 2 saturated heterocycles. The highest BCUT2D eigenvalue weighted by molar-refractivity contribution is 5.95. The average Bonchev–Trinajstić information content (AvgIpc) is 3.72. The predicted octanol–water partition coefficient (Wildman–Crippen LogP) is 9.65. The monoisotopic (exact) mass is 873 g/mol. The van der Waals surface area contributed by atoms with Crippen molar-refractivity contribution in [3.8, 4) is 0 Å². The Hall–Kier alpha value is -4.38. The fourth-order valence-electron chi connectivity index (χ4n) is 9.84. The van der Waals surface area contributed by atoms with E-state index in [0.717, 1.165) is 24.0 Å². The summed E-state index contributed by atoms with van der Waals surface area (Å²) in [5.74, 6) is -2.95. The van der Waals surface area contributed by atoms with Gasteiger partial charge in [0.05, 0.1) is 23.8 Å². The third-order valence-corrected chi connectivity index (χ3v) is 13.5. The van der Waals surface area contributed by atoms with Gasteiger partial charge in [0.25, 0.3) is 0 Å². The number of hydrogen-bond acceptors (Lipinski definition) is 7. The number of ketones is 2. The van der Waals surface area contributed by atoms with Crippen LogP contribution in [-0.2, 0) is 36.9 Å². The van der Waals surface area contributed by atoms with Crippen LogP contribution < -0.4 is 10.6 Å². The fourth-order valence-corrected chi connectivity index (χ4v) is 9.84. The summed E-state index contributed by atoms with van der Waals surface area (Å²) >= 11 is 0. The molecule has 11 heteroatoms. The van der Waals surface area contributed by atoms with E-state index in [4.69, 9.17) is 4.74 Å². The number of carbonyl (C=O) groups is 5. The standard InChI is InChI=1S/C52H77FN4O6/c1-35(2)27-37(5)43(53)30-41(28-38-19-13-11-14-20-38)49(61)57-26-18-24-45(57)47(59)31-42(36(3)4)48(60)55-44(23-17-25-54-50(62)63-34-39-21-15-12-16-22-39)46(58)29-40-32-51(6,7)56(10)52(8,9)33-40/h11-16,19-22,30,35-37,40-42,44-45H,17-18,23-29,31-34H2,1-10H3,(H,54,62)(H,55,60)/b43-30-/t37-,41-,42-,44-,45-/m0/s1. The number of Topliss-reactive ketones (excluding diaryl/α,β-unsaturated/α-hetero) is 2. The first-order valence-electron chi connectivity index (χ1n) is 23.4. The Kier molecular flexibility index (Phi) is 19.1. The van der Waals surface area contributed by atoms with Gasteiger partial charge in [-0.3, -0.25) is 24.1 Å². The van der Waals surface area contributed by atoms with Crippen LogP contribution in [0, 0.1) is 35.5 Å². The predicted molar refractivity (Wildman–Crippen MR) is 248 cm³/mol. The number of benzene rings is 2. The number of rotatable bonds is 22. The maximum Gasteiger partial charge on any atom is 0.407 e. The quantitative estimate of drug-likeness (QED) is 0.113. The van der Waals surface area contributed by atoms with Gasteiger partial charge < -0.3 is 20.3 Å². The van der Waals surface area contributed by atoms with Crippen LogP contribution in [0.2, 0.25) is 0 Å². The smallest absolute Gasteiger partial charge is 0.407 e. The number of nitrogens with one attached hydrogen (secondary N) is 2. The number of amides is 3. The minimum Gasteiger partial charge on any atom is -0.445 e. The highest BCUT2D eigenvalue weighted by atomic mass is 19.1. The summed E-state index contributed by atoms with van der Waals surface area (Å²) in [5, 5.41) is 5.84. The van der Waals surface area contributed by atoms with Crippen LogP contribution in [0.3, 0.4) is 0 Å². The molecule has 2 aliphatic heterocycles. The van der Waals surface area contributed by atoms with Gasteiger partial charge >= 0.3 is 6.09 Å². The zero-order valence-corrected chi connectivity index (χ0v) is 39.9. The number of alkyl carbamates (subject to hydrolysis) is 1. The molecule has 2 aromatic carbocycles. The molecular formula is C52H77FN4O6. The highest BCUT2D eigenvalue weighted by Gasteiger charge is 2.44. The molecule has 2 aliphatic rings. The Morgan fingerprint density at radius 3 is 2.08 bits per heavy atom. The molecule has 2 fully saturated rings. The molecule has 2 N–H and O–H groups in total. The summed E-state index contributed by atoms with van der Waals surface area (Å²) in [4.78, 5) is 73.7. The van der Waals surface area contributed by atoms with E-state index in [2.05, 4.69) is 50.3 Å². The fraction of sp³-hybridized carbons (Fsp3) is 0.635. The summed E-state index contributed by atoms with van der Waals surface area (Å²) in [7, 11) is 2.13. The summed E-state index contributed by atoms with van der Waals surface area (Å²) in [6.07, 6.45) is 5.55. The summed E-state index contributed by atoms with van der Waals surface area (Å²) in [6, 6.07) is 17.4. The maximum atomic E-state index is 15.7. The molecule has 0 bridgehead atoms. The molecule has 2 aromatic rings. The van der Waals surface area contributed by atoms with Gasteiger partial charge in [0.2, 0.25) is 11.8 Å². The van der Waals surface area contributed by atoms with E-state index in [0.29, 0.717) is 57.4 Å². The van der Waals surface area contributed by atoms with Gasteiger partial charge in [-0.05, 0) is 121 Å². The van der Waals surface area contributed by atoms with Crippen LogP contribution in [0.15, 0.2) is 72.6 Å². The van der Waals surface area contributed by atoms with Gasteiger partial charge in [0.15, 0.2) is 11.6 Å². The topological polar surface area (TPSA) is 125 Å². The first kappa shape index (κ1) is 51.3. The molecule has 0 saturated carbocycles. The number of nitrogens with zero attached hydrogens (tertiary/aromatic N) is 2. The van der Waals surface area contributed by atoms with E-state index in [-0.39, 0.29) is 77.6 Å². The van der Waals surface area contributed by atoms with Gasteiger partial charge in [-0.25, -0.2) is 9.18 Å². The third-order valence-electron chi connectivity index (χ3n) is 13.5. The van der Waals surface area contributed by atoms with Crippen LogP contribution >= 0.6 is 0 Å². The average molecular weight is 873 g/mol. The Balaban J connectivity index is 1.48. The number of halogens is 1. The van der Waals surface area contributed by atoms with E-state index in [1.54, 1.807) is 4.90 Å². The molecule has 5 atom stereocenters. The minimum atomic E-state index is -0.815. The second kappa shape index (κ2) is 23.5. The van der Waals surface area contributed by atoms with Gasteiger partial charge in [-0.2, -0.15) is 0 Å². The van der Waals surface area contributed by atoms with Crippen LogP contribution in [0.1, 0.15) is 131 Å². The summed E-state index contributed by atoms with van der Waals surface area (Å²) in [6.45, 7) is 19.3. The van der Waals surface area contributed by atoms with Crippen molar-refractivity contribution in [1.82, 2.24) is 20.4 Å². The molecule has 2 heterocycles. The molecule has 0 unspecified atom stereocenters. The lowest BCUT2D eigenvalue weighted by atomic mass is 9.72. The SMILES string of the molecule is CC(C)C[C@H](C)/C(F)=C/[C@H](Cc1ccccc1)C(=O)N1CCC[C@H]1C(=O)C[C@H](C(=O)N[C@@H](CCCNC(=O)OCc1ccccc1)C(=O)CC1CC(C)(C)N(C)C(C)(C)C1)C(C)C. The van der Waals surface area contributed by atoms with Crippen LogP contribution in [0.25, 0.3) is 0 Å². The Labute approximate surface area is 377 Å². The molecule has 0 aromatic heterocycles. The lowest BCUT2D eigenvalue weighted by Gasteiger charge is -2.53. The minimum absolute atomic E-state index is 0.0648. The van der Waals surface area contributed by atoms with Crippen LogP contribution in [-0.4, -0.2) is 82.6 Å². The van der Waals surface area contributed by atoms with Crippen molar-refractivity contribution in [2.75, 3.05) is 20.1 Å². The van der Waals surface area contributed by atoms with E-state index in [9.17, 15) is 24.0 Å². The van der Waals surface area contributed by atoms with E-state index < -0.39 is 30.0 Å². The van der Waals surface area contributed by atoms with E-state index in [1.165, 1.54) is 6.08 Å². The zero-order chi connectivity index (χ0) is 46.5. The summed E-state index contributed by atoms with van der Waals surface area (Å²) < 4.78 is 21.1. The summed E-state index contributed by atoms with van der Waals surface area (Å²) in [5.41, 5.74) is 1.54. The lowest BCUT2D eigenvalue weighted by Crippen LogP contribution is -2.59. The van der Waals surface area contributed by atoms with Crippen molar-refractivity contribution in [2.45, 2.75) is 156 Å². The molecule has 63 heavy (non-hydrogen) atoms. The first-order chi connectivity index (χ1) is 29.7. The number of likely N-dealkylation sites (tertiary alicyclic amines) is 2. The normalized spacial score (nSPS) is 19.9. The molecule has 4 rings (SSSR count). The van der Waals surface area contributed by atoms with Crippen molar-refractivity contribution >= 4 is 29.5 Å². The number of ether oxygens (including phenoxy) is 1. The second-order valence-electron chi connectivity index (χ2n) is 20.4. The Bertz CT molecular complexity index is 1830. The largest absolute Gasteiger partial charge is 0.445 e. The molecule has 0 spiro atoms. The van der Waals surface area contributed by atoms with Gasteiger partial charge in [-0.15, -0.1) is 0 Å². The van der Waals surface area contributed by atoms with Crippen LogP contribution in [0.4, 0.5) is 9.18 Å². The highest BCUT2D eigenvalue weighted by Crippen LogP contribution is 2.41. The molecule has 3 amide bonds. The van der Waals surface area contributed by atoms with Gasteiger partial charge in [0, 0.05) is 48.8 Å². The number of piperidine rings is 1. The first-order valence-corrected chi connectivity index (χ1v) is 23.4. The van der Waals surface area contributed by atoms with E-state index in [1.807, 2.05) is 95.3 Å². The van der Waals surface area contributed by atoms with Gasteiger partial charge in [-0.1, -0.05) is 95.3 Å². The van der Waals surface area contributed by atoms with Crippen molar-refractivity contribution in [2.24, 2.45) is 35.5 Å². The van der Waals surface area contributed by atoms with E-state index >= 15 is 4.39 Å². The molecule has 348 valence electrons. The molecule has 0 aliphatic carbocycles. The number of hydrogen-bond donors (Lipinski definition) is 2. The number of carbonyl (C=O) groups excluding carboxylic acids is 5. The lowest BCUT2D eigenvalue weighted by molar-refractivity contribution is -0.141. The molecule has 10 nitrogen and oxygen atoms in total. The van der Waals surface area contributed by atoms with Crippen molar-refractivity contribution in [3.63, 3.8) is 0 Å². The molecular weight excluding hydrogens is 796 g/mol. The zero-order valence-electron chi connectivity index (χ0n) is 39.9. The molecule has 0 radical (unpaired) electrons. The number of allylic oxidation sites excluding steroid dienone is 1. The third kappa shape index (κ3) is 15.4. The van der Waals surface area contributed by atoms with Gasteiger partial charge in [0.1, 0.15) is 6.61 Å². The van der Waals surface area contributed by atoms with Crippen LogP contribution in [0.5, 0.6) is 0 Å². The van der Waals surface area contributed by atoms with Crippen molar-refractivity contribution in [1.29, 1.82) is 0 Å². The Morgan fingerprint density at radius 1 is 0.889 bits per heavy atom. The maximum absolute atomic E-state index is 15.7. The second-order valence-corrected chi connectivity index (χ2v) is 20.4. The Morgan fingerprint density at radius 2 is 1.49 bits per heavy atom. The van der Waals surface area contributed by atoms with Crippen molar-refractivity contribution < 1.29 is 33.1 Å².